The van der Waals surface area contributed by atoms with Crippen LogP contribution in [0.4, 0.5) is 0 Å². The number of hydrogen-bond acceptors (Lipinski definition) is 8. The van der Waals surface area contributed by atoms with E-state index < -0.39 is 0 Å². The Bertz CT molecular complexity index is 4200. The van der Waals surface area contributed by atoms with Gasteiger partial charge in [0, 0.05) is 87.6 Å². The van der Waals surface area contributed by atoms with Crippen LogP contribution in [0.1, 0.15) is 108 Å². The van der Waals surface area contributed by atoms with E-state index in [9.17, 15) is 38.4 Å². The Morgan fingerprint density at radius 2 is 0.419 bits per heavy atom. The maximum Gasteiger partial charge on any atom is 0.194 e. The fourth-order valence-electron chi connectivity index (χ4n) is 11.5. The van der Waals surface area contributed by atoms with Crippen LogP contribution in [0.2, 0.25) is 0 Å². The standard InChI is InChI=1S/C22H10O4.2C22H14O2/c23-19-11-5-1-2-6-12(11)20(24)16-10-18-17(9-15(16)19)21(25)13-7-3-4-8-14(13)22(18)26;23-21-17-7-3-1-5-13(17)9-15-11-20-16(12-19(15)21)10-14-6-2-4-8-18(14)22(20)24;23-21-17-7-3-1-5-13(17)9-15-11-16-10-14-6-2-4-8-18(14)22(24)20(16)12-19(15)21/h1-10H;2*1-8,11-12H,9-10H2. The Morgan fingerprint density at radius 1 is 0.189 bits per heavy atom. The van der Waals surface area contributed by atoms with Crippen LogP contribution in [0.5, 0.6) is 0 Å². The van der Waals surface area contributed by atoms with Crippen LogP contribution in [-0.2, 0) is 25.7 Å². The smallest absolute Gasteiger partial charge is 0.194 e. The van der Waals surface area contributed by atoms with Gasteiger partial charge in [0.15, 0.2) is 44.8 Å². The summed E-state index contributed by atoms with van der Waals surface area (Å²) in [4.78, 5) is 103. The van der Waals surface area contributed by atoms with E-state index in [1.807, 2.05) is 115 Å². The van der Waals surface area contributed by atoms with E-state index in [0.717, 1.165) is 90.7 Å². The van der Waals surface area contributed by atoms with Crippen molar-refractivity contribution in [1.29, 1.82) is 0 Å². The zero-order valence-corrected chi connectivity index (χ0v) is 39.4. The van der Waals surface area contributed by atoms with E-state index in [0.29, 0.717) is 45.5 Å². The molecule has 0 N–H and O–H groups in total. The molecule has 11 aromatic carbocycles. The van der Waals surface area contributed by atoms with Gasteiger partial charge in [-0.2, -0.15) is 0 Å². The van der Waals surface area contributed by atoms with Crippen molar-refractivity contribution < 1.29 is 19.2 Å². The molecule has 0 atom stereocenters. The van der Waals surface area contributed by atoms with Gasteiger partial charge in [-0.15, -0.1) is 0 Å². The molecule has 0 unspecified atom stereocenters. The Balaban J connectivity index is 0.000000107. The molecule has 11 aromatic rings. The molecule has 8 heteroatoms. The third kappa shape index (κ3) is 6.90. The molecule has 0 radical (unpaired) electrons. The summed E-state index contributed by atoms with van der Waals surface area (Å²) < 4.78 is 0. The van der Waals surface area contributed by atoms with Gasteiger partial charge in [-0.3, -0.25) is 38.4 Å². The second-order valence-electron chi connectivity index (χ2n) is 19.3. The lowest BCUT2D eigenvalue weighted by atomic mass is 9.78. The summed E-state index contributed by atoms with van der Waals surface area (Å²) >= 11 is 0. The molecule has 0 bridgehead atoms. The normalized spacial score (nSPS) is 13.5. The van der Waals surface area contributed by atoms with Crippen molar-refractivity contribution >= 4 is 66.2 Å². The third-order valence-electron chi connectivity index (χ3n) is 15.2. The first-order valence-corrected chi connectivity index (χ1v) is 24.4. The minimum absolute atomic E-state index is 0.0290. The van der Waals surface area contributed by atoms with Crippen LogP contribution < -0.4 is 21.7 Å². The molecule has 0 spiro atoms. The average Bonchev–Trinajstić information content (AvgIpc) is 3.44. The van der Waals surface area contributed by atoms with Crippen molar-refractivity contribution in [2.75, 3.05) is 0 Å². The predicted octanol–water partition coefficient (Wildman–Crippen LogP) is 10.5. The summed E-state index contributed by atoms with van der Waals surface area (Å²) in [7, 11) is 0. The Labute approximate surface area is 421 Å². The summed E-state index contributed by atoms with van der Waals surface area (Å²) in [5.41, 5.74) is 12.9. The number of ketones is 4. The largest absolute Gasteiger partial charge is 0.289 e. The minimum atomic E-state index is -0.308. The molecule has 0 fully saturated rings. The summed E-state index contributed by atoms with van der Waals surface area (Å²) in [6, 6.07) is 54.7. The molecule has 0 heterocycles. The van der Waals surface area contributed by atoms with E-state index in [1.54, 1.807) is 48.5 Å². The van der Waals surface area contributed by atoms with Crippen molar-refractivity contribution in [2.45, 2.75) is 25.7 Å². The van der Waals surface area contributed by atoms with E-state index in [4.69, 9.17) is 0 Å². The SMILES string of the molecule is O=C1c2ccccc2Cc2cc3c(cc21)C(=O)c1ccccc1C3.O=C1c2ccccc2Cc2cc3c(cc21)Cc1ccccc1C3=O.O=c1c2ccccc2c(=O)c2cc3c(=O)c4ccccc4c(=O)c3cc12. The number of fused-ring (bicyclic) bond motifs is 12. The van der Waals surface area contributed by atoms with Crippen LogP contribution in [0.15, 0.2) is 201 Å². The monoisotopic (exact) mass is 958 g/mol. The maximum absolute atomic E-state index is 12.8. The fraction of sp³-hybridized carbons (Fsp3) is 0.0606. The Morgan fingerprint density at radius 3 is 0.703 bits per heavy atom. The molecule has 350 valence electrons. The number of carbonyl (C=O) groups is 4. The lowest BCUT2D eigenvalue weighted by Gasteiger charge is -2.24. The number of rotatable bonds is 0. The van der Waals surface area contributed by atoms with Gasteiger partial charge in [0.1, 0.15) is 0 Å². The highest BCUT2D eigenvalue weighted by Gasteiger charge is 2.31. The molecule has 0 aliphatic heterocycles. The van der Waals surface area contributed by atoms with Crippen LogP contribution in [0.25, 0.3) is 43.1 Å². The second-order valence-corrected chi connectivity index (χ2v) is 19.3. The molecule has 0 saturated carbocycles. The molecule has 4 aliphatic carbocycles. The zero-order valence-electron chi connectivity index (χ0n) is 39.4. The predicted molar refractivity (Wildman–Crippen MR) is 288 cm³/mol. The van der Waals surface area contributed by atoms with Gasteiger partial charge >= 0.3 is 0 Å². The van der Waals surface area contributed by atoms with E-state index in [-0.39, 0.29) is 66.4 Å². The average molecular weight is 959 g/mol. The lowest BCUT2D eigenvalue weighted by molar-refractivity contribution is 0.102. The number of carbonyl (C=O) groups excluding carboxylic acids is 4. The van der Waals surface area contributed by atoms with Crippen molar-refractivity contribution in [2.24, 2.45) is 0 Å². The second kappa shape index (κ2) is 17.0. The summed E-state index contributed by atoms with van der Waals surface area (Å²) in [6.07, 6.45) is 2.92. The highest BCUT2D eigenvalue weighted by Crippen LogP contribution is 2.36. The van der Waals surface area contributed by atoms with E-state index in [1.165, 1.54) is 12.1 Å². The molecule has 15 rings (SSSR count). The van der Waals surface area contributed by atoms with Crippen molar-refractivity contribution in [3.05, 3.63) is 312 Å². The fourth-order valence-corrected chi connectivity index (χ4v) is 11.5. The van der Waals surface area contributed by atoms with Crippen LogP contribution in [-0.4, -0.2) is 23.1 Å². The molecule has 0 amide bonds. The topological polar surface area (TPSA) is 137 Å². The van der Waals surface area contributed by atoms with Gasteiger partial charge in [0.25, 0.3) is 0 Å². The van der Waals surface area contributed by atoms with E-state index >= 15 is 0 Å². The van der Waals surface area contributed by atoms with Crippen molar-refractivity contribution in [3.8, 4) is 0 Å². The van der Waals surface area contributed by atoms with Gasteiger partial charge < -0.3 is 0 Å². The maximum atomic E-state index is 12.8. The first-order valence-electron chi connectivity index (χ1n) is 24.4. The quantitative estimate of drug-likeness (QED) is 0.137. The van der Waals surface area contributed by atoms with Gasteiger partial charge in [-0.25, -0.2) is 0 Å². The highest BCUT2D eigenvalue weighted by molar-refractivity contribution is 6.18. The summed E-state index contributed by atoms with van der Waals surface area (Å²) in [5.74, 6) is 0.199. The molecule has 0 aromatic heterocycles. The summed E-state index contributed by atoms with van der Waals surface area (Å²) in [5, 5.41) is 1.97. The third-order valence-corrected chi connectivity index (χ3v) is 15.2. The van der Waals surface area contributed by atoms with Gasteiger partial charge in [0.2, 0.25) is 0 Å². The van der Waals surface area contributed by atoms with Crippen LogP contribution >= 0.6 is 0 Å². The van der Waals surface area contributed by atoms with Gasteiger partial charge in [0.05, 0.1) is 0 Å². The molecule has 74 heavy (non-hydrogen) atoms. The Hall–Kier alpha value is -9.66. The first kappa shape index (κ1) is 44.3. The molecule has 0 saturated heterocycles. The first-order chi connectivity index (χ1) is 36.0. The number of hydrogen-bond donors (Lipinski definition) is 0. The number of benzene rings is 11. The lowest BCUT2D eigenvalue weighted by Crippen LogP contribution is -2.20. The van der Waals surface area contributed by atoms with Crippen molar-refractivity contribution in [3.63, 3.8) is 0 Å². The molecular formula is C66H38O8. The zero-order chi connectivity index (χ0) is 50.5. The minimum Gasteiger partial charge on any atom is -0.289 e. The Kier molecular flexibility index (Phi) is 10.2. The molecule has 4 aliphatic rings. The summed E-state index contributed by atoms with van der Waals surface area (Å²) in [6.45, 7) is 0. The molecule has 8 nitrogen and oxygen atoms in total. The van der Waals surface area contributed by atoms with Gasteiger partial charge in [-0.1, -0.05) is 152 Å². The van der Waals surface area contributed by atoms with Crippen LogP contribution in [0, 0.1) is 0 Å². The van der Waals surface area contributed by atoms with Crippen molar-refractivity contribution in [1.82, 2.24) is 0 Å². The highest BCUT2D eigenvalue weighted by atomic mass is 16.1. The molecular weight excluding hydrogens is 921 g/mol. The van der Waals surface area contributed by atoms with E-state index in [2.05, 4.69) is 6.07 Å². The van der Waals surface area contributed by atoms with Gasteiger partial charge in [-0.05, 0) is 101 Å². The van der Waals surface area contributed by atoms with Crippen LogP contribution in [0.3, 0.4) is 0 Å².